The van der Waals surface area contributed by atoms with Gasteiger partial charge < -0.3 is 9.73 Å². The maximum absolute atomic E-state index is 12.1. The Morgan fingerprint density at radius 1 is 1.26 bits per heavy atom. The molecule has 0 saturated heterocycles. The molecule has 2 aromatic heterocycles. The molecular weight excluding hydrogens is 366 g/mol. The van der Waals surface area contributed by atoms with E-state index >= 15 is 0 Å². The van der Waals surface area contributed by atoms with E-state index in [0.29, 0.717) is 23.6 Å². The van der Waals surface area contributed by atoms with Gasteiger partial charge in [-0.25, -0.2) is 0 Å². The molecule has 134 valence electrons. The Balaban J connectivity index is 1.72. The molecule has 27 heavy (non-hydrogen) atoms. The van der Waals surface area contributed by atoms with Crippen LogP contribution in [-0.2, 0) is 11.3 Å². The second-order valence-corrected chi connectivity index (χ2v) is 6.47. The lowest BCUT2D eigenvalue weighted by Crippen LogP contribution is -2.23. The highest BCUT2D eigenvalue weighted by atomic mass is 32.1. The molecule has 0 fully saturated rings. The summed E-state index contributed by atoms with van der Waals surface area (Å²) in [4.78, 5) is 23.4. The first-order valence-electron chi connectivity index (χ1n) is 7.84. The monoisotopic (exact) mass is 379 g/mol. The third-order valence-corrected chi connectivity index (χ3v) is 4.52. The fraction of sp³-hybridized carbons (Fsp3) is 0.0526. The van der Waals surface area contributed by atoms with Crippen LogP contribution in [0.2, 0.25) is 0 Å². The number of hydrogen-bond donors (Lipinski definition) is 1. The maximum atomic E-state index is 12.1. The summed E-state index contributed by atoms with van der Waals surface area (Å²) in [6.07, 6.45) is 1.36. The Morgan fingerprint density at radius 3 is 2.67 bits per heavy atom. The first-order valence-corrected chi connectivity index (χ1v) is 8.72. The average Bonchev–Trinajstić information content (AvgIpc) is 3.36. The van der Waals surface area contributed by atoms with Crippen molar-refractivity contribution in [1.29, 1.82) is 5.26 Å². The molecule has 8 heteroatoms. The number of non-ortho nitro benzene ring substituents is 1. The van der Waals surface area contributed by atoms with Gasteiger partial charge in [-0.2, -0.15) is 5.26 Å². The van der Waals surface area contributed by atoms with E-state index in [1.807, 2.05) is 23.6 Å². The average molecular weight is 379 g/mol. The molecule has 7 nitrogen and oxygen atoms in total. The number of amides is 1. The zero-order valence-corrected chi connectivity index (χ0v) is 14.7. The van der Waals surface area contributed by atoms with E-state index in [0.717, 1.165) is 4.88 Å². The lowest BCUT2D eigenvalue weighted by molar-refractivity contribution is -0.384. The Bertz CT molecular complexity index is 1030. The number of nitrogens with one attached hydrogen (secondary N) is 1. The van der Waals surface area contributed by atoms with Crippen LogP contribution in [0.15, 0.2) is 63.9 Å². The van der Waals surface area contributed by atoms with Crippen molar-refractivity contribution < 1.29 is 14.1 Å². The van der Waals surface area contributed by atoms with Gasteiger partial charge in [-0.1, -0.05) is 6.07 Å². The Morgan fingerprint density at radius 2 is 2.04 bits per heavy atom. The van der Waals surface area contributed by atoms with Gasteiger partial charge in [0.1, 0.15) is 23.2 Å². The summed E-state index contributed by atoms with van der Waals surface area (Å²) < 4.78 is 5.63. The number of furan rings is 1. The molecule has 0 unspecified atom stereocenters. The SMILES string of the molecule is N#C/C(=C\c1ccc(-c2ccc([N+](=O)[O-])cc2)o1)C(=O)NCc1cccs1. The third kappa shape index (κ3) is 4.48. The van der Waals surface area contributed by atoms with E-state index in [-0.39, 0.29) is 11.3 Å². The van der Waals surface area contributed by atoms with E-state index in [4.69, 9.17) is 4.42 Å². The second-order valence-electron chi connectivity index (χ2n) is 5.44. The normalized spacial score (nSPS) is 11.0. The number of nitro groups is 1. The molecule has 0 aliphatic heterocycles. The summed E-state index contributed by atoms with van der Waals surface area (Å²) in [5.41, 5.74) is 0.566. The Hall–Kier alpha value is -3.70. The molecule has 0 radical (unpaired) electrons. The van der Waals surface area contributed by atoms with Crippen LogP contribution in [0.4, 0.5) is 5.69 Å². The molecule has 2 heterocycles. The summed E-state index contributed by atoms with van der Waals surface area (Å²) in [6.45, 7) is 0.349. The summed E-state index contributed by atoms with van der Waals surface area (Å²) in [6, 6.07) is 14.8. The van der Waals surface area contributed by atoms with Crippen molar-refractivity contribution in [3.8, 4) is 17.4 Å². The number of hydrogen-bond acceptors (Lipinski definition) is 6. The van der Waals surface area contributed by atoms with Gasteiger partial charge in [-0.15, -0.1) is 11.3 Å². The van der Waals surface area contributed by atoms with E-state index < -0.39 is 10.8 Å². The highest BCUT2D eigenvalue weighted by molar-refractivity contribution is 7.09. The zero-order chi connectivity index (χ0) is 19.2. The van der Waals surface area contributed by atoms with Gasteiger partial charge in [0.25, 0.3) is 11.6 Å². The quantitative estimate of drug-likeness (QED) is 0.300. The van der Waals surface area contributed by atoms with Crippen molar-refractivity contribution in [2.45, 2.75) is 6.54 Å². The molecule has 3 rings (SSSR count). The molecule has 1 N–H and O–H groups in total. The molecule has 0 saturated carbocycles. The summed E-state index contributed by atoms with van der Waals surface area (Å²) in [7, 11) is 0. The van der Waals surface area contributed by atoms with Gasteiger partial charge in [-0.05, 0) is 35.7 Å². The first kappa shape index (κ1) is 18.1. The third-order valence-electron chi connectivity index (χ3n) is 3.64. The van der Waals surface area contributed by atoms with Crippen LogP contribution < -0.4 is 5.32 Å². The first-order chi connectivity index (χ1) is 13.1. The molecule has 0 aliphatic rings. The van der Waals surface area contributed by atoms with E-state index in [1.165, 1.54) is 29.5 Å². The van der Waals surface area contributed by atoms with Crippen LogP contribution in [0.5, 0.6) is 0 Å². The second kappa shape index (κ2) is 8.12. The standard InChI is InChI=1S/C19H13N3O4S/c20-11-14(19(23)21-12-17-2-1-9-27-17)10-16-7-8-18(26-16)13-3-5-15(6-4-13)22(24)25/h1-10H,12H2,(H,21,23)/b14-10+. The van der Waals surface area contributed by atoms with Crippen LogP contribution in [0.1, 0.15) is 10.6 Å². The molecule has 1 amide bonds. The maximum Gasteiger partial charge on any atom is 0.269 e. The van der Waals surface area contributed by atoms with Crippen LogP contribution in [0.25, 0.3) is 17.4 Å². The number of nitrogens with zero attached hydrogens (tertiary/aromatic N) is 2. The summed E-state index contributed by atoms with van der Waals surface area (Å²) in [5.74, 6) is 0.331. The van der Waals surface area contributed by atoms with Gasteiger partial charge in [0, 0.05) is 28.6 Å². The molecular formula is C19H13N3O4S. The van der Waals surface area contributed by atoms with Crippen molar-refractivity contribution in [1.82, 2.24) is 5.32 Å². The number of nitro benzene ring substituents is 1. The Labute approximate surface area is 158 Å². The lowest BCUT2D eigenvalue weighted by Gasteiger charge is -2.01. The number of carbonyl (C=O) groups excluding carboxylic acids is 1. The van der Waals surface area contributed by atoms with Crippen LogP contribution in [-0.4, -0.2) is 10.8 Å². The number of rotatable bonds is 6. The topological polar surface area (TPSA) is 109 Å². The van der Waals surface area contributed by atoms with Gasteiger partial charge in [0.15, 0.2) is 0 Å². The van der Waals surface area contributed by atoms with E-state index in [9.17, 15) is 20.2 Å². The van der Waals surface area contributed by atoms with E-state index in [1.54, 1.807) is 24.3 Å². The fourth-order valence-corrected chi connectivity index (χ4v) is 2.94. The predicted octanol–water partition coefficient (Wildman–Crippen LogP) is 4.14. The van der Waals surface area contributed by atoms with Gasteiger partial charge in [0.2, 0.25) is 0 Å². The number of carbonyl (C=O) groups is 1. The predicted molar refractivity (Wildman–Crippen MR) is 101 cm³/mol. The lowest BCUT2D eigenvalue weighted by atomic mass is 10.1. The number of benzene rings is 1. The minimum absolute atomic E-state index is 0.0143. The molecule has 0 atom stereocenters. The van der Waals surface area contributed by atoms with Crippen LogP contribution in [0.3, 0.4) is 0 Å². The minimum Gasteiger partial charge on any atom is -0.457 e. The van der Waals surface area contributed by atoms with Gasteiger partial charge in [-0.3, -0.25) is 14.9 Å². The molecule has 1 aromatic carbocycles. The summed E-state index contributed by atoms with van der Waals surface area (Å²) in [5, 5.41) is 24.5. The van der Waals surface area contributed by atoms with Gasteiger partial charge in [0.05, 0.1) is 11.5 Å². The van der Waals surface area contributed by atoms with Crippen LogP contribution in [0, 0.1) is 21.4 Å². The highest BCUT2D eigenvalue weighted by Crippen LogP contribution is 2.25. The Kier molecular flexibility index (Phi) is 5.44. The molecule has 0 bridgehead atoms. The van der Waals surface area contributed by atoms with Crippen molar-refractivity contribution in [2.75, 3.05) is 0 Å². The van der Waals surface area contributed by atoms with Crippen molar-refractivity contribution in [3.63, 3.8) is 0 Å². The summed E-state index contributed by atoms with van der Waals surface area (Å²) >= 11 is 1.51. The smallest absolute Gasteiger partial charge is 0.269 e. The largest absolute Gasteiger partial charge is 0.457 e. The molecule has 3 aromatic rings. The van der Waals surface area contributed by atoms with Crippen LogP contribution >= 0.6 is 11.3 Å². The van der Waals surface area contributed by atoms with Crippen molar-refractivity contribution >= 4 is 29.0 Å². The van der Waals surface area contributed by atoms with Gasteiger partial charge >= 0.3 is 0 Å². The number of nitriles is 1. The minimum atomic E-state index is -0.487. The zero-order valence-electron chi connectivity index (χ0n) is 13.9. The highest BCUT2D eigenvalue weighted by Gasteiger charge is 2.12. The molecule has 0 spiro atoms. The van der Waals surface area contributed by atoms with Crippen molar-refractivity contribution in [3.05, 3.63) is 80.2 Å². The fourth-order valence-electron chi connectivity index (χ4n) is 2.30. The number of thiophene rings is 1. The molecule has 0 aliphatic carbocycles. The van der Waals surface area contributed by atoms with E-state index in [2.05, 4.69) is 5.32 Å². The van der Waals surface area contributed by atoms with Crippen molar-refractivity contribution in [2.24, 2.45) is 0 Å².